The van der Waals surface area contributed by atoms with Crippen LogP contribution in [0.4, 0.5) is 0 Å². The summed E-state index contributed by atoms with van der Waals surface area (Å²) < 4.78 is 4.78. The van der Waals surface area contributed by atoms with Gasteiger partial charge in [0.2, 0.25) is 0 Å². The number of carbonyl (C=O) groups excluding carboxylic acids is 1. The molecular formula is C14H16O2. The molecule has 1 saturated carbocycles. The summed E-state index contributed by atoms with van der Waals surface area (Å²) in [4.78, 5) is 10.6. The van der Waals surface area contributed by atoms with E-state index < -0.39 is 0 Å². The van der Waals surface area contributed by atoms with Gasteiger partial charge in [0, 0.05) is 6.92 Å². The molecule has 16 heavy (non-hydrogen) atoms. The van der Waals surface area contributed by atoms with Gasteiger partial charge in [0.1, 0.15) is 0 Å². The molecule has 2 rings (SSSR count). The van der Waals surface area contributed by atoms with Crippen molar-refractivity contribution in [3.63, 3.8) is 0 Å². The lowest BCUT2D eigenvalue weighted by atomic mass is 10.1. The van der Waals surface area contributed by atoms with E-state index in [2.05, 4.69) is 31.2 Å². The van der Waals surface area contributed by atoms with Crippen LogP contribution in [0.3, 0.4) is 0 Å². The zero-order valence-corrected chi connectivity index (χ0v) is 9.64. The first-order chi connectivity index (χ1) is 7.66. The van der Waals surface area contributed by atoms with Crippen molar-refractivity contribution in [2.75, 3.05) is 0 Å². The van der Waals surface area contributed by atoms with Gasteiger partial charge in [-0.25, -0.2) is 0 Å². The van der Waals surface area contributed by atoms with E-state index in [9.17, 15) is 4.79 Å². The normalized spacial score (nSPS) is 23.4. The highest BCUT2D eigenvalue weighted by Crippen LogP contribution is 2.48. The number of carbonyl (C=O) groups is 1. The van der Waals surface area contributed by atoms with Crippen LogP contribution in [0.15, 0.2) is 36.6 Å². The number of hydrogen-bond donors (Lipinski definition) is 0. The average molecular weight is 216 g/mol. The summed E-state index contributed by atoms with van der Waals surface area (Å²) in [7, 11) is 0. The molecule has 1 aromatic carbocycles. The summed E-state index contributed by atoms with van der Waals surface area (Å²) in [6.45, 7) is 3.50. The van der Waals surface area contributed by atoms with Crippen molar-refractivity contribution in [2.45, 2.75) is 26.2 Å². The number of ether oxygens (including phenoxy) is 1. The standard InChI is InChI=1S/C14H16O2/c1-10-3-5-12(6-4-10)14-9-13(14)7-8-16-11(2)15/h3-8,13-14H,9H2,1-2H3/b8-7-/t13-,14+/m1/s1. The summed E-state index contributed by atoms with van der Waals surface area (Å²) in [5.41, 5.74) is 2.67. The molecule has 0 amide bonds. The molecule has 0 N–H and O–H groups in total. The van der Waals surface area contributed by atoms with Gasteiger partial charge in [0.15, 0.2) is 0 Å². The van der Waals surface area contributed by atoms with Crippen LogP contribution in [0.1, 0.15) is 30.4 Å². The van der Waals surface area contributed by atoms with Crippen LogP contribution in [0.25, 0.3) is 0 Å². The van der Waals surface area contributed by atoms with Crippen LogP contribution >= 0.6 is 0 Å². The lowest BCUT2D eigenvalue weighted by Gasteiger charge is -1.98. The largest absolute Gasteiger partial charge is 0.435 e. The first kappa shape index (κ1) is 10.9. The SMILES string of the molecule is CC(=O)O/C=C\[C@@H]1C[C@H]1c1ccc(C)cc1. The topological polar surface area (TPSA) is 26.3 Å². The molecule has 2 atom stereocenters. The summed E-state index contributed by atoms with van der Waals surface area (Å²) in [6.07, 6.45) is 4.65. The highest BCUT2D eigenvalue weighted by Gasteiger charge is 2.36. The third-order valence-electron chi connectivity index (χ3n) is 2.91. The van der Waals surface area contributed by atoms with Gasteiger partial charge in [-0.1, -0.05) is 29.8 Å². The molecule has 0 heterocycles. The minimum atomic E-state index is -0.260. The van der Waals surface area contributed by atoms with Crippen molar-refractivity contribution < 1.29 is 9.53 Å². The Morgan fingerprint density at radius 2 is 2.06 bits per heavy atom. The van der Waals surface area contributed by atoms with Crippen LogP contribution in [0.2, 0.25) is 0 Å². The molecule has 0 aromatic heterocycles. The molecule has 1 aromatic rings. The maximum absolute atomic E-state index is 10.6. The molecule has 1 aliphatic carbocycles. The molecule has 1 fully saturated rings. The maximum atomic E-state index is 10.6. The van der Waals surface area contributed by atoms with Crippen molar-refractivity contribution in [3.05, 3.63) is 47.7 Å². The Kier molecular flexibility index (Phi) is 3.09. The minimum absolute atomic E-state index is 0.260. The Hall–Kier alpha value is -1.57. The van der Waals surface area contributed by atoms with Gasteiger partial charge in [-0.15, -0.1) is 0 Å². The fraction of sp³-hybridized carbons (Fsp3) is 0.357. The van der Waals surface area contributed by atoms with Crippen LogP contribution in [0, 0.1) is 12.8 Å². The molecular weight excluding hydrogens is 200 g/mol. The first-order valence-corrected chi connectivity index (χ1v) is 5.57. The molecule has 0 bridgehead atoms. The summed E-state index contributed by atoms with van der Waals surface area (Å²) in [6, 6.07) is 8.64. The predicted octanol–water partition coefficient (Wildman–Crippen LogP) is 3.18. The minimum Gasteiger partial charge on any atom is -0.435 e. The Balaban J connectivity index is 1.89. The van der Waals surface area contributed by atoms with E-state index in [-0.39, 0.29) is 5.97 Å². The van der Waals surface area contributed by atoms with E-state index in [1.165, 1.54) is 24.3 Å². The molecule has 2 nitrogen and oxygen atoms in total. The fourth-order valence-electron chi connectivity index (χ4n) is 1.86. The van der Waals surface area contributed by atoms with E-state index in [0.29, 0.717) is 11.8 Å². The zero-order chi connectivity index (χ0) is 11.5. The smallest absolute Gasteiger partial charge is 0.307 e. The lowest BCUT2D eigenvalue weighted by Crippen LogP contribution is -1.89. The second kappa shape index (κ2) is 4.52. The highest BCUT2D eigenvalue weighted by molar-refractivity contribution is 5.66. The lowest BCUT2D eigenvalue weighted by molar-refractivity contribution is -0.135. The third kappa shape index (κ3) is 2.72. The first-order valence-electron chi connectivity index (χ1n) is 5.57. The monoisotopic (exact) mass is 216 g/mol. The molecule has 0 spiro atoms. The van der Waals surface area contributed by atoms with Crippen molar-refractivity contribution in [3.8, 4) is 0 Å². The number of esters is 1. The van der Waals surface area contributed by atoms with E-state index in [1.807, 2.05) is 6.08 Å². The quantitative estimate of drug-likeness (QED) is 0.573. The Bertz CT molecular complexity index is 403. The molecule has 0 saturated heterocycles. The van der Waals surface area contributed by atoms with Gasteiger partial charge in [-0.05, 0) is 36.8 Å². The van der Waals surface area contributed by atoms with Gasteiger partial charge in [-0.3, -0.25) is 4.79 Å². The van der Waals surface area contributed by atoms with Crippen molar-refractivity contribution in [1.82, 2.24) is 0 Å². The van der Waals surface area contributed by atoms with Crippen LogP contribution in [0.5, 0.6) is 0 Å². The fourth-order valence-corrected chi connectivity index (χ4v) is 1.86. The molecule has 2 heteroatoms. The summed E-state index contributed by atoms with van der Waals surface area (Å²) in [5.74, 6) is 0.873. The van der Waals surface area contributed by atoms with Gasteiger partial charge in [0.05, 0.1) is 6.26 Å². The summed E-state index contributed by atoms with van der Waals surface area (Å²) in [5, 5.41) is 0. The van der Waals surface area contributed by atoms with Gasteiger partial charge < -0.3 is 4.74 Å². The predicted molar refractivity (Wildman–Crippen MR) is 62.9 cm³/mol. The number of benzene rings is 1. The van der Waals surface area contributed by atoms with E-state index in [0.717, 1.165) is 6.42 Å². The van der Waals surface area contributed by atoms with Gasteiger partial charge in [0.25, 0.3) is 0 Å². The highest BCUT2D eigenvalue weighted by atomic mass is 16.5. The Morgan fingerprint density at radius 3 is 2.69 bits per heavy atom. The number of allylic oxidation sites excluding steroid dienone is 1. The van der Waals surface area contributed by atoms with Crippen molar-refractivity contribution >= 4 is 5.97 Å². The Morgan fingerprint density at radius 1 is 1.38 bits per heavy atom. The molecule has 0 unspecified atom stereocenters. The molecule has 0 aliphatic heterocycles. The second-order valence-corrected chi connectivity index (χ2v) is 4.35. The van der Waals surface area contributed by atoms with Gasteiger partial charge in [-0.2, -0.15) is 0 Å². The van der Waals surface area contributed by atoms with Crippen LogP contribution in [-0.4, -0.2) is 5.97 Å². The number of rotatable bonds is 3. The van der Waals surface area contributed by atoms with Crippen molar-refractivity contribution in [1.29, 1.82) is 0 Å². The Labute approximate surface area is 95.9 Å². The maximum Gasteiger partial charge on any atom is 0.307 e. The van der Waals surface area contributed by atoms with E-state index in [1.54, 1.807) is 0 Å². The van der Waals surface area contributed by atoms with E-state index in [4.69, 9.17) is 4.74 Å². The molecule has 1 aliphatic rings. The third-order valence-corrected chi connectivity index (χ3v) is 2.91. The zero-order valence-electron chi connectivity index (χ0n) is 9.64. The number of aryl methyl sites for hydroxylation is 1. The molecule has 84 valence electrons. The van der Waals surface area contributed by atoms with Crippen LogP contribution < -0.4 is 0 Å². The number of hydrogen-bond acceptors (Lipinski definition) is 2. The average Bonchev–Trinajstić information content (AvgIpc) is 2.98. The van der Waals surface area contributed by atoms with Crippen LogP contribution in [-0.2, 0) is 9.53 Å². The van der Waals surface area contributed by atoms with E-state index >= 15 is 0 Å². The second-order valence-electron chi connectivity index (χ2n) is 4.35. The molecule has 0 radical (unpaired) electrons. The van der Waals surface area contributed by atoms with Crippen molar-refractivity contribution in [2.24, 2.45) is 5.92 Å². The summed E-state index contributed by atoms with van der Waals surface area (Å²) >= 11 is 0. The van der Waals surface area contributed by atoms with Gasteiger partial charge >= 0.3 is 5.97 Å².